The Bertz CT molecular complexity index is 762. The lowest BCUT2D eigenvalue weighted by Crippen LogP contribution is -2.26. The molecule has 7 nitrogen and oxygen atoms in total. The number of hydrogen-bond acceptors (Lipinski definition) is 6. The predicted octanol–water partition coefficient (Wildman–Crippen LogP) is 2.08. The van der Waals surface area contributed by atoms with Crippen LogP contribution in [0.2, 0.25) is 0 Å². The van der Waals surface area contributed by atoms with Gasteiger partial charge in [-0.05, 0) is 23.3 Å². The third-order valence-corrected chi connectivity index (χ3v) is 3.41. The fourth-order valence-electron chi connectivity index (χ4n) is 2.14. The van der Waals surface area contributed by atoms with Crippen molar-refractivity contribution in [2.45, 2.75) is 6.10 Å². The number of ether oxygens (including phenoxy) is 3. The number of carbonyl (C=O) groups excluding carboxylic acids is 2. The molecule has 1 atom stereocenters. The molecule has 1 N–H and O–H groups in total. The molecule has 0 aromatic heterocycles. The van der Waals surface area contributed by atoms with Gasteiger partial charge in [-0.1, -0.05) is 42.5 Å². The van der Waals surface area contributed by atoms with Crippen molar-refractivity contribution >= 4 is 18.1 Å². The van der Waals surface area contributed by atoms with E-state index in [1.807, 2.05) is 18.2 Å². The van der Waals surface area contributed by atoms with E-state index in [2.05, 4.69) is 15.3 Å². The van der Waals surface area contributed by atoms with Crippen molar-refractivity contribution in [3.05, 3.63) is 65.7 Å². The minimum Gasteiger partial charge on any atom is -0.482 e. The second kappa shape index (κ2) is 9.95. The minimum atomic E-state index is -0.747. The van der Waals surface area contributed by atoms with E-state index < -0.39 is 12.1 Å². The molecule has 7 heteroatoms. The predicted molar refractivity (Wildman–Crippen MR) is 95.9 cm³/mol. The number of esters is 1. The number of nitrogens with zero attached hydrogens (tertiary/aromatic N) is 1. The number of carbonyl (C=O) groups is 2. The lowest BCUT2D eigenvalue weighted by Gasteiger charge is -2.13. The molecule has 0 bridgehead atoms. The van der Waals surface area contributed by atoms with Crippen LogP contribution < -0.4 is 10.2 Å². The number of nitrogens with one attached hydrogen (secondary N) is 1. The average Bonchev–Trinajstić information content (AvgIpc) is 2.68. The van der Waals surface area contributed by atoms with Gasteiger partial charge in [-0.2, -0.15) is 5.10 Å². The Balaban J connectivity index is 1.95. The molecule has 0 spiro atoms. The highest BCUT2D eigenvalue weighted by molar-refractivity contribution is 5.85. The first-order valence-electron chi connectivity index (χ1n) is 7.84. The van der Waals surface area contributed by atoms with E-state index in [0.29, 0.717) is 11.3 Å². The molecule has 0 aliphatic heterocycles. The molecule has 0 aliphatic carbocycles. The Morgan fingerprint density at radius 1 is 1.12 bits per heavy atom. The quantitative estimate of drug-likeness (QED) is 0.445. The molecule has 26 heavy (non-hydrogen) atoms. The molecular weight excluding hydrogens is 336 g/mol. The molecule has 0 radical (unpaired) electrons. The Kier molecular flexibility index (Phi) is 7.32. The Hall–Kier alpha value is -3.19. The molecule has 0 fully saturated rings. The van der Waals surface area contributed by atoms with Gasteiger partial charge in [-0.15, -0.1) is 0 Å². The molecule has 0 aliphatic rings. The topological polar surface area (TPSA) is 86.2 Å². The summed E-state index contributed by atoms with van der Waals surface area (Å²) in [5.41, 5.74) is 3.88. The van der Waals surface area contributed by atoms with Crippen molar-refractivity contribution in [2.24, 2.45) is 5.10 Å². The van der Waals surface area contributed by atoms with Crippen molar-refractivity contribution in [3.63, 3.8) is 0 Å². The molecule has 0 saturated carbocycles. The van der Waals surface area contributed by atoms with Crippen LogP contribution in [0.3, 0.4) is 0 Å². The third kappa shape index (κ3) is 5.71. The van der Waals surface area contributed by atoms with Crippen LogP contribution in [0.25, 0.3) is 0 Å². The second-order valence-electron chi connectivity index (χ2n) is 5.20. The van der Waals surface area contributed by atoms with Gasteiger partial charge >= 0.3 is 5.97 Å². The summed E-state index contributed by atoms with van der Waals surface area (Å²) in [6.07, 6.45) is 0.726. The van der Waals surface area contributed by atoms with Crippen LogP contribution in [-0.2, 0) is 19.1 Å². The fraction of sp³-hybridized carbons (Fsp3) is 0.211. The van der Waals surface area contributed by atoms with Crippen LogP contribution in [0.1, 0.15) is 17.2 Å². The smallest absolute Gasteiger partial charge is 0.343 e. The molecular formula is C19H20N2O5. The first-order chi connectivity index (χ1) is 12.6. The summed E-state index contributed by atoms with van der Waals surface area (Å²) in [6.45, 7) is -0.180. The number of benzene rings is 2. The highest BCUT2D eigenvalue weighted by Crippen LogP contribution is 2.16. The van der Waals surface area contributed by atoms with Gasteiger partial charge in [0.2, 0.25) is 0 Å². The van der Waals surface area contributed by atoms with Gasteiger partial charge in [-0.3, -0.25) is 4.79 Å². The second-order valence-corrected chi connectivity index (χ2v) is 5.20. The zero-order valence-corrected chi connectivity index (χ0v) is 14.5. The highest BCUT2D eigenvalue weighted by atomic mass is 16.6. The van der Waals surface area contributed by atoms with E-state index in [1.165, 1.54) is 20.4 Å². The van der Waals surface area contributed by atoms with Crippen LogP contribution in [0, 0.1) is 0 Å². The van der Waals surface area contributed by atoms with Gasteiger partial charge < -0.3 is 14.2 Å². The maximum Gasteiger partial charge on any atom is 0.343 e. The Labute approximate surface area is 151 Å². The van der Waals surface area contributed by atoms with Crippen molar-refractivity contribution in [3.8, 4) is 5.75 Å². The van der Waals surface area contributed by atoms with E-state index in [9.17, 15) is 9.59 Å². The maximum atomic E-state index is 12.2. The molecule has 0 heterocycles. The first-order valence-corrected chi connectivity index (χ1v) is 7.84. The Morgan fingerprint density at radius 3 is 2.58 bits per heavy atom. The van der Waals surface area contributed by atoms with Crippen LogP contribution in [0.15, 0.2) is 59.7 Å². The summed E-state index contributed by atoms with van der Waals surface area (Å²) in [6, 6.07) is 16.1. The van der Waals surface area contributed by atoms with Crippen LogP contribution in [-0.4, -0.2) is 38.9 Å². The third-order valence-electron chi connectivity index (χ3n) is 3.41. The molecule has 2 aromatic carbocycles. The van der Waals surface area contributed by atoms with Crippen molar-refractivity contribution in [1.82, 2.24) is 5.43 Å². The zero-order chi connectivity index (χ0) is 18.8. The van der Waals surface area contributed by atoms with Gasteiger partial charge in [0.15, 0.2) is 12.7 Å². The van der Waals surface area contributed by atoms with E-state index >= 15 is 0 Å². The van der Waals surface area contributed by atoms with Gasteiger partial charge in [0.1, 0.15) is 5.75 Å². The van der Waals surface area contributed by atoms with Crippen molar-refractivity contribution in [1.29, 1.82) is 0 Å². The van der Waals surface area contributed by atoms with E-state index in [-0.39, 0.29) is 12.5 Å². The SMILES string of the molecule is COC(=O)COc1cccc(/C=N\NC(=O)[C@H](OC)c2ccccc2)c1. The lowest BCUT2D eigenvalue weighted by molar-refractivity contribution is -0.142. The van der Waals surface area contributed by atoms with Gasteiger partial charge in [0.05, 0.1) is 13.3 Å². The van der Waals surface area contributed by atoms with Gasteiger partial charge in [-0.25, -0.2) is 10.2 Å². The largest absolute Gasteiger partial charge is 0.482 e. The summed E-state index contributed by atoms with van der Waals surface area (Å²) in [7, 11) is 2.75. The van der Waals surface area contributed by atoms with Crippen molar-refractivity contribution in [2.75, 3.05) is 20.8 Å². The summed E-state index contributed by atoms with van der Waals surface area (Å²) in [4.78, 5) is 23.3. The molecule has 136 valence electrons. The molecule has 2 aromatic rings. The fourth-order valence-corrected chi connectivity index (χ4v) is 2.14. The number of methoxy groups -OCH3 is 2. The number of rotatable bonds is 8. The number of amides is 1. The summed E-state index contributed by atoms with van der Waals surface area (Å²) in [5, 5.41) is 3.94. The zero-order valence-electron chi connectivity index (χ0n) is 14.5. The number of hydrogen-bond donors (Lipinski definition) is 1. The van der Waals surface area contributed by atoms with E-state index in [0.717, 1.165) is 5.56 Å². The number of hydrazone groups is 1. The van der Waals surface area contributed by atoms with Gasteiger partial charge in [0.25, 0.3) is 5.91 Å². The molecule has 1 amide bonds. The summed E-state index contributed by atoms with van der Waals surface area (Å²) < 4.78 is 15.0. The van der Waals surface area contributed by atoms with Crippen LogP contribution in [0.4, 0.5) is 0 Å². The summed E-state index contributed by atoms with van der Waals surface area (Å²) >= 11 is 0. The monoisotopic (exact) mass is 356 g/mol. The molecule has 0 saturated heterocycles. The standard InChI is InChI=1S/C19H20N2O5/c1-24-17(22)13-26-16-10-6-7-14(11-16)12-20-21-19(23)18(25-2)15-8-4-3-5-9-15/h3-12,18H,13H2,1-2H3,(H,21,23)/b20-12-/t18-/m1/s1. The van der Waals surface area contributed by atoms with Gasteiger partial charge in [0, 0.05) is 7.11 Å². The maximum absolute atomic E-state index is 12.2. The van der Waals surface area contributed by atoms with Crippen LogP contribution >= 0.6 is 0 Å². The van der Waals surface area contributed by atoms with Crippen LogP contribution in [0.5, 0.6) is 5.75 Å². The normalized spacial score (nSPS) is 11.8. The van der Waals surface area contributed by atoms with E-state index in [1.54, 1.807) is 36.4 Å². The molecule has 0 unspecified atom stereocenters. The summed E-state index contributed by atoms with van der Waals surface area (Å²) in [5.74, 6) is -0.361. The Morgan fingerprint density at radius 2 is 1.88 bits per heavy atom. The molecule has 2 rings (SSSR count). The van der Waals surface area contributed by atoms with E-state index in [4.69, 9.17) is 9.47 Å². The average molecular weight is 356 g/mol. The van der Waals surface area contributed by atoms with Crippen molar-refractivity contribution < 1.29 is 23.8 Å². The first kappa shape index (κ1) is 19.1. The highest BCUT2D eigenvalue weighted by Gasteiger charge is 2.19. The lowest BCUT2D eigenvalue weighted by atomic mass is 10.1. The minimum absolute atomic E-state index is 0.180.